The molecule has 0 N–H and O–H groups in total. The molecular formula is C12H16N4O. The van der Waals surface area contributed by atoms with Gasteiger partial charge in [0.15, 0.2) is 5.82 Å². The van der Waals surface area contributed by atoms with Crippen molar-refractivity contribution in [3.05, 3.63) is 30.1 Å². The van der Waals surface area contributed by atoms with Crippen LogP contribution in [0.15, 0.2) is 24.3 Å². The van der Waals surface area contributed by atoms with Crippen LogP contribution in [0, 0.1) is 12.8 Å². The molecule has 1 aromatic heterocycles. The number of hydrogen-bond acceptors (Lipinski definition) is 4. The van der Waals surface area contributed by atoms with E-state index < -0.39 is 0 Å². The molecule has 17 heavy (non-hydrogen) atoms. The Labute approximate surface area is 100 Å². The molecule has 0 saturated heterocycles. The molecule has 0 aliphatic carbocycles. The highest BCUT2D eigenvalue weighted by Crippen LogP contribution is 2.15. The molecular weight excluding hydrogens is 216 g/mol. The summed E-state index contributed by atoms with van der Waals surface area (Å²) >= 11 is 0. The number of nitrogens with zero attached hydrogens (tertiary/aromatic N) is 4. The molecule has 5 nitrogen and oxygen atoms in total. The zero-order valence-electron chi connectivity index (χ0n) is 10.3. The summed E-state index contributed by atoms with van der Waals surface area (Å²) in [6, 6.07) is 7.75. The maximum absolute atomic E-state index is 5.61. The Morgan fingerprint density at radius 1 is 1.24 bits per heavy atom. The summed E-state index contributed by atoms with van der Waals surface area (Å²) in [4.78, 5) is 0. The zero-order chi connectivity index (χ0) is 12.3. The number of aryl methyl sites for hydroxylation is 1. The average Bonchev–Trinajstić information content (AvgIpc) is 2.73. The number of tetrazole rings is 1. The molecule has 0 unspecified atom stereocenters. The second-order valence-corrected chi connectivity index (χ2v) is 4.34. The summed E-state index contributed by atoms with van der Waals surface area (Å²) in [5.74, 6) is 2.16. The van der Waals surface area contributed by atoms with Crippen LogP contribution in [0.5, 0.6) is 5.75 Å². The third kappa shape index (κ3) is 2.81. The third-order valence-corrected chi connectivity index (χ3v) is 2.29. The Bertz CT molecular complexity index is 476. The summed E-state index contributed by atoms with van der Waals surface area (Å²) in [6.07, 6.45) is 0. The second-order valence-electron chi connectivity index (χ2n) is 4.34. The van der Waals surface area contributed by atoms with Crippen LogP contribution in [0.25, 0.3) is 5.69 Å². The van der Waals surface area contributed by atoms with Crippen LogP contribution in [0.2, 0.25) is 0 Å². The van der Waals surface area contributed by atoms with Crippen molar-refractivity contribution < 1.29 is 4.74 Å². The molecule has 2 rings (SSSR count). The maximum Gasteiger partial charge on any atom is 0.153 e. The van der Waals surface area contributed by atoms with Gasteiger partial charge in [0.25, 0.3) is 0 Å². The van der Waals surface area contributed by atoms with Gasteiger partial charge in [-0.15, -0.1) is 5.10 Å². The summed E-state index contributed by atoms with van der Waals surface area (Å²) in [6.45, 7) is 6.84. The second kappa shape index (κ2) is 4.95. The summed E-state index contributed by atoms with van der Waals surface area (Å²) in [5, 5.41) is 11.4. The molecule has 0 amide bonds. The van der Waals surface area contributed by atoms with Gasteiger partial charge in [0.2, 0.25) is 0 Å². The fourth-order valence-corrected chi connectivity index (χ4v) is 1.42. The van der Waals surface area contributed by atoms with Crippen LogP contribution in [-0.2, 0) is 0 Å². The highest BCUT2D eigenvalue weighted by molar-refractivity contribution is 5.36. The molecule has 0 radical (unpaired) electrons. The summed E-state index contributed by atoms with van der Waals surface area (Å²) < 4.78 is 7.30. The minimum Gasteiger partial charge on any atom is -0.493 e. The van der Waals surface area contributed by atoms with Crippen LogP contribution < -0.4 is 4.74 Å². The van der Waals surface area contributed by atoms with E-state index in [1.807, 2.05) is 31.2 Å². The van der Waals surface area contributed by atoms with E-state index in [0.717, 1.165) is 23.9 Å². The molecule has 0 atom stereocenters. The van der Waals surface area contributed by atoms with Gasteiger partial charge in [0, 0.05) is 0 Å². The number of benzene rings is 1. The maximum atomic E-state index is 5.61. The number of ether oxygens (including phenoxy) is 1. The van der Waals surface area contributed by atoms with E-state index in [-0.39, 0.29) is 0 Å². The predicted molar refractivity (Wildman–Crippen MR) is 64.2 cm³/mol. The Kier molecular flexibility index (Phi) is 3.37. The Hall–Kier alpha value is -1.91. The molecule has 0 bridgehead atoms. The monoisotopic (exact) mass is 232 g/mol. The van der Waals surface area contributed by atoms with E-state index in [4.69, 9.17) is 4.74 Å². The van der Waals surface area contributed by atoms with Gasteiger partial charge >= 0.3 is 0 Å². The van der Waals surface area contributed by atoms with E-state index >= 15 is 0 Å². The molecule has 0 aliphatic heterocycles. The first-order valence-electron chi connectivity index (χ1n) is 5.65. The Morgan fingerprint density at radius 3 is 2.47 bits per heavy atom. The standard InChI is InChI=1S/C12H16N4O/c1-9(2)8-17-12-6-4-11(5-7-12)16-10(3)13-14-15-16/h4-7,9H,8H2,1-3H3. The van der Waals surface area contributed by atoms with Gasteiger partial charge in [-0.05, 0) is 47.5 Å². The minimum atomic E-state index is 0.524. The Balaban J connectivity index is 2.11. The molecule has 0 fully saturated rings. The third-order valence-electron chi connectivity index (χ3n) is 2.29. The zero-order valence-corrected chi connectivity index (χ0v) is 10.3. The smallest absolute Gasteiger partial charge is 0.153 e. The molecule has 90 valence electrons. The lowest BCUT2D eigenvalue weighted by Gasteiger charge is -2.09. The van der Waals surface area contributed by atoms with Gasteiger partial charge in [0.1, 0.15) is 5.75 Å². The van der Waals surface area contributed by atoms with Crippen LogP contribution in [0.3, 0.4) is 0 Å². The van der Waals surface area contributed by atoms with E-state index in [0.29, 0.717) is 5.92 Å². The minimum absolute atomic E-state index is 0.524. The van der Waals surface area contributed by atoms with Gasteiger partial charge in [-0.2, -0.15) is 4.68 Å². The van der Waals surface area contributed by atoms with E-state index in [2.05, 4.69) is 29.4 Å². The molecule has 0 aliphatic rings. The van der Waals surface area contributed by atoms with Crippen LogP contribution in [-0.4, -0.2) is 26.8 Å². The summed E-state index contributed by atoms with van der Waals surface area (Å²) in [7, 11) is 0. The van der Waals surface area contributed by atoms with Gasteiger partial charge in [-0.25, -0.2) is 0 Å². The number of hydrogen-bond donors (Lipinski definition) is 0. The number of rotatable bonds is 4. The SMILES string of the molecule is Cc1nnnn1-c1ccc(OCC(C)C)cc1. The molecule has 0 spiro atoms. The van der Waals surface area contributed by atoms with Crippen LogP contribution in [0.1, 0.15) is 19.7 Å². The molecule has 5 heteroatoms. The quantitative estimate of drug-likeness (QED) is 0.809. The Morgan fingerprint density at radius 2 is 1.94 bits per heavy atom. The molecule has 1 aromatic carbocycles. The molecule has 0 saturated carbocycles. The lowest BCUT2D eigenvalue weighted by Crippen LogP contribution is -2.05. The van der Waals surface area contributed by atoms with Crippen molar-refractivity contribution in [2.75, 3.05) is 6.61 Å². The van der Waals surface area contributed by atoms with E-state index in [1.165, 1.54) is 0 Å². The first kappa shape index (κ1) is 11.6. The van der Waals surface area contributed by atoms with Crippen molar-refractivity contribution in [1.82, 2.24) is 20.2 Å². The highest BCUT2D eigenvalue weighted by Gasteiger charge is 2.03. The average molecular weight is 232 g/mol. The van der Waals surface area contributed by atoms with Crippen molar-refractivity contribution in [3.8, 4) is 11.4 Å². The fraction of sp³-hybridized carbons (Fsp3) is 0.417. The lowest BCUT2D eigenvalue weighted by molar-refractivity contribution is 0.271. The van der Waals surface area contributed by atoms with Crippen molar-refractivity contribution in [1.29, 1.82) is 0 Å². The first-order chi connectivity index (χ1) is 8.16. The van der Waals surface area contributed by atoms with E-state index in [1.54, 1.807) is 4.68 Å². The first-order valence-corrected chi connectivity index (χ1v) is 5.65. The van der Waals surface area contributed by atoms with Gasteiger partial charge < -0.3 is 4.74 Å². The van der Waals surface area contributed by atoms with Crippen molar-refractivity contribution in [2.45, 2.75) is 20.8 Å². The van der Waals surface area contributed by atoms with Crippen molar-refractivity contribution in [3.63, 3.8) is 0 Å². The topological polar surface area (TPSA) is 52.8 Å². The van der Waals surface area contributed by atoms with Crippen molar-refractivity contribution in [2.24, 2.45) is 5.92 Å². The largest absolute Gasteiger partial charge is 0.493 e. The van der Waals surface area contributed by atoms with Crippen LogP contribution >= 0.6 is 0 Å². The van der Waals surface area contributed by atoms with Gasteiger partial charge in [-0.1, -0.05) is 13.8 Å². The lowest BCUT2D eigenvalue weighted by atomic mass is 10.2. The van der Waals surface area contributed by atoms with Crippen molar-refractivity contribution >= 4 is 0 Å². The normalized spacial score (nSPS) is 10.8. The molecule has 2 aromatic rings. The molecule has 1 heterocycles. The van der Waals surface area contributed by atoms with Gasteiger partial charge in [0.05, 0.1) is 12.3 Å². The van der Waals surface area contributed by atoms with Crippen LogP contribution in [0.4, 0.5) is 0 Å². The predicted octanol–water partition coefficient (Wildman–Crippen LogP) is 2.01. The fourth-order valence-electron chi connectivity index (χ4n) is 1.42. The van der Waals surface area contributed by atoms with E-state index in [9.17, 15) is 0 Å². The highest BCUT2D eigenvalue weighted by atomic mass is 16.5. The summed E-state index contributed by atoms with van der Waals surface area (Å²) in [5.41, 5.74) is 0.935. The van der Waals surface area contributed by atoms with Gasteiger partial charge in [-0.3, -0.25) is 0 Å². The number of aromatic nitrogens is 4.